The van der Waals surface area contributed by atoms with Gasteiger partial charge >= 0.3 is 0 Å². The minimum Gasteiger partial charge on any atom is -0.481 e. The highest BCUT2D eigenvalue weighted by Crippen LogP contribution is 2.36. The Morgan fingerprint density at radius 1 is 1.31 bits per heavy atom. The summed E-state index contributed by atoms with van der Waals surface area (Å²) in [5.74, 6) is -0.0526. The van der Waals surface area contributed by atoms with E-state index in [0.717, 1.165) is 42.5 Å². The van der Waals surface area contributed by atoms with Gasteiger partial charge in [0.25, 0.3) is 0 Å². The molecule has 1 unspecified atom stereocenters. The number of nitriles is 2. The molecule has 5 nitrogen and oxygen atoms in total. The minimum absolute atomic E-state index is 0.0518. The first-order chi connectivity index (χ1) is 13.9. The molecule has 0 radical (unpaired) electrons. The Morgan fingerprint density at radius 2 is 2.03 bits per heavy atom. The third-order valence-corrected chi connectivity index (χ3v) is 5.31. The number of ketones is 1. The van der Waals surface area contributed by atoms with Crippen molar-refractivity contribution in [3.8, 4) is 18.0 Å². The van der Waals surface area contributed by atoms with E-state index in [-0.39, 0.29) is 11.7 Å². The van der Waals surface area contributed by atoms with E-state index in [0.29, 0.717) is 29.0 Å². The van der Waals surface area contributed by atoms with Crippen LogP contribution < -0.4 is 4.74 Å². The maximum atomic E-state index is 13.7. The fourth-order valence-corrected chi connectivity index (χ4v) is 3.87. The summed E-state index contributed by atoms with van der Waals surface area (Å²) >= 11 is 0. The van der Waals surface area contributed by atoms with E-state index in [9.17, 15) is 15.3 Å². The number of aryl methyl sites for hydroxylation is 1. The molecule has 29 heavy (non-hydrogen) atoms. The Kier molecular flexibility index (Phi) is 7.74. The molecule has 0 N–H and O–H groups in total. The third-order valence-electron chi connectivity index (χ3n) is 5.31. The van der Waals surface area contributed by atoms with Gasteiger partial charge in [0.05, 0.1) is 19.2 Å². The molecule has 1 aliphatic rings. The fourth-order valence-electron chi connectivity index (χ4n) is 3.87. The molecule has 0 fully saturated rings. The van der Waals surface area contributed by atoms with E-state index >= 15 is 0 Å². The van der Waals surface area contributed by atoms with E-state index < -0.39 is 5.92 Å². The number of hydrogen-bond acceptors (Lipinski definition) is 5. The first kappa shape index (κ1) is 22.4. The second-order valence-electron chi connectivity index (χ2n) is 7.78. The number of nitrogens with zero attached hydrogens (tertiary/aromatic N) is 3. The topological polar surface area (TPSA) is 86.8 Å². The molecule has 0 saturated heterocycles. The zero-order valence-electron chi connectivity index (χ0n) is 18.0. The molecule has 5 heteroatoms. The minimum atomic E-state index is -0.529. The van der Waals surface area contributed by atoms with Crippen LogP contribution in [0, 0.1) is 35.5 Å². The SMILES string of the molecule is CCCCCc1c(C)nc(OC)c(C(C)C)c1C(=O)C1C=C(C#N)C=C(C#N)C1. The lowest BCUT2D eigenvalue weighted by molar-refractivity contribution is 0.0941. The third kappa shape index (κ3) is 4.93. The van der Waals surface area contributed by atoms with Crippen molar-refractivity contribution >= 4 is 5.78 Å². The Morgan fingerprint density at radius 3 is 2.59 bits per heavy atom. The van der Waals surface area contributed by atoms with Crippen molar-refractivity contribution in [2.24, 2.45) is 5.92 Å². The van der Waals surface area contributed by atoms with Crippen LogP contribution in [0.4, 0.5) is 0 Å². The molecule has 1 atom stereocenters. The van der Waals surface area contributed by atoms with Crippen LogP contribution in [0.25, 0.3) is 0 Å². The first-order valence-electron chi connectivity index (χ1n) is 10.2. The predicted octanol–water partition coefficient (Wildman–Crippen LogP) is 5.36. The number of allylic oxidation sites excluding steroid dienone is 4. The number of unbranched alkanes of at least 4 members (excludes halogenated alkanes) is 2. The molecule has 1 aromatic rings. The maximum absolute atomic E-state index is 13.7. The van der Waals surface area contributed by atoms with Gasteiger partial charge in [0.15, 0.2) is 5.78 Å². The number of rotatable bonds is 8. The standard InChI is InChI=1S/C24H29N3O2/c1-6-7-8-9-20-16(4)27-24(29-5)21(15(2)3)22(20)23(28)19-11-17(13-25)10-18(12-19)14-26/h10-11,15,19H,6-9,12H2,1-5H3. The van der Waals surface area contributed by atoms with Crippen LogP contribution in [0.1, 0.15) is 79.6 Å². The van der Waals surface area contributed by atoms with Crippen LogP contribution in [0.15, 0.2) is 23.3 Å². The summed E-state index contributed by atoms with van der Waals surface area (Å²) in [5.41, 5.74) is 4.07. The monoisotopic (exact) mass is 391 g/mol. The molecule has 0 amide bonds. The average molecular weight is 392 g/mol. The molecule has 0 saturated carbocycles. The van der Waals surface area contributed by atoms with E-state index in [1.165, 1.54) is 0 Å². The lowest BCUT2D eigenvalue weighted by Crippen LogP contribution is -2.22. The van der Waals surface area contributed by atoms with Gasteiger partial charge in [-0.25, -0.2) is 4.98 Å². The zero-order chi connectivity index (χ0) is 21.6. The van der Waals surface area contributed by atoms with Gasteiger partial charge in [-0.05, 0) is 43.7 Å². The highest BCUT2D eigenvalue weighted by molar-refractivity contribution is 6.03. The molecule has 1 aromatic heterocycles. The molecule has 1 heterocycles. The first-order valence-corrected chi connectivity index (χ1v) is 10.2. The number of hydrogen-bond donors (Lipinski definition) is 0. The molecular formula is C24H29N3O2. The smallest absolute Gasteiger partial charge is 0.217 e. The van der Waals surface area contributed by atoms with Gasteiger partial charge in [0.2, 0.25) is 5.88 Å². The lowest BCUT2D eigenvalue weighted by atomic mass is 9.80. The summed E-state index contributed by atoms with van der Waals surface area (Å²) in [7, 11) is 1.57. The maximum Gasteiger partial charge on any atom is 0.217 e. The Balaban J connectivity index is 2.64. The number of carbonyl (C=O) groups is 1. The molecule has 1 aliphatic carbocycles. The average Bonchev–Trinajstić information content (AvgIpc) is 2.72. The molecule has 0 aromatic carbocycles. The second-order valence-corrected chi connectivity index (χ2v) is 7.78. The van der Waals surface area contributed by atoms with Gasteiger partial charge < -0.3 is 4.74 Å². The molecule has 0 spiro atoms. The lowest BCUT2D eigenvalue weighted by Gasteiger charge is -2.24. The molecule has 2 rings (SSSR count). The Bertz CT molecular complexity index is 927. The van der Waals surface area contributed by atoms with Crippen molar-refractivity contribution in [3.05, 3.63) is 45.7 Å². The van der Waals surface area contributed by atoms with Crippen LogP contribution >= 0.6 is 0 Å². The van der Waals surface area contributed by atoms with Crippen LogP contribution in [0.5, 0.6) is 5.88 Å². The van der Waals surface area contributed by atoms with E-state index in [2.05, 4.69) is 24.0 Å². The van der Waals surface area contributed by atoms with Crippen molar-refractivity contribution in [3.63, 3.8) is 0 Å². The molecule has 0 bridgehead atoms. The van der Waals surface area contributed by atoms with Gasteiger partial charge in [0.1, 0.15) is 0 Å². The summed E-state index contributed by atoms with van der Waals surface area (Å²) in [6, 6.07) is 4.19. The second kappa shape index (κ2) is 10.0. The van der Waals surface area contributed by atoms with Gasteiger partial charge in [-0.3, -0.25) is 4.79 Å². The Labute approximate surface area is 173 Å². The van der Waals surface area contributed by atoms with Crippen molar-refractivity contribution in [1.29, 1.82) is 10.5 Å². The molecular weight excluding hydrogens is 362 g/mol. The highest BCUT2D eigenvalue weighted by atomic mass is 16.5. The van der Waals surface area contributed by atoms with Crippen molar-refractivity contribution in [2.75, 3.05) is 7.11 Å². The quantitative estimate of drug-likeness (QED) is 0.440. The fraction of sp³-hybridized carbons (Fsp3) is 0.500. The largest absolute Gasteiger partial charge is 0.481 e. The van der Waals surface area contributed by atoms with Gasteiger partial charge in [-0.2, -0.15) is 10.5 Å². The van der Waals surface area contributed by atoms with Crippen LogP contribution in [0.2, 0.25) is 0 Å². The number of Topliss-reactive ketones (excluding diaryl/α,β-unsaturated/α-hetero) is 1. The zero-order valence-corrected chi connectivity index (χ0v) is 18.0. The van der Waals surface area contributed by atoms with Crippen molar-refractivity contribution < 1.29 is 9.53 Å². The van der Waals surface area contributed by atoms with E-state index in [1.807, 2.05) is 20.8 Å². The van der Waals surface area contributed by atoms with Gasteiger partial charge in [-0.15, -0.1) is 0 Å². The summed E-state index contributed by atoms with van der Waals surface area (Å²) in [5, 5.41) is 18.7. The summed E-state index contributed by atoms with van der Waals surface area (Å²) in [4.78, 5) is 18.4. The number of pyridine rings is 1. The van der Waals surface area contributed by atoms with Crippen LogP contribution in [0.3, 0.4) is 0 Å². The molecule has 152 valence electrons. The molecule has 0 aliphatic heterocycles. The number of methoxy groups -OCH3 is 1. The van der Waals surface area contributed by atoms with Crippen LogP contribution in [-0.4, -0.2) is 17.9 Å². The highest BCUT2D eigenvalue weighted by Gasteiger charge is 2.31. The van der Waals surface area contributed by atoms with Gasteiger partial charge in [-0.1, -0.05) is 39.7 Å². The number of aromatic nitrogens is 1. The van der Waals surface area contributed by atoms with Crippen LogP contribution in [-0.2, 0) is 6.42 Å². The number of carbonyl (C=O) groups excluding carboxylic acids is 1. The summed E-state index contributed by atoms with van der Waals surface area (Å²) in [6.07, 6.45) is 7.50. The Hall–Kier alpha value is -2.92. The normalized spacial score (nSPS) is 15.9. The van der Waals surface area contributed by atoms with Crippen molar-refractivity contribution in [2.45, 2.75) is 65.7 Å². The van der Waals surface area contributed by atoms with Gasteiger partial charge in [0, 0.05) is 33.9 Å². The van der Waals surface area contributed by atoms with E-state index in [4.69, 9.17) is 4.74 Å². The van der Waals surface area contributed by atoms with Crippen molar-refractivity contribution in [1.82, 2.24) is 4.98 Å². The summed E-state index contributed by atoms with van der Waals surface area (Å²) < 4.78 is 5.54. The van der Waals surface area contributed by atoms with E-state index in [1.54, 1.807) is 19.3 Å². The number of ether oxygens (including phenoxy) is 1. The summed E-state index contributed by atoms with van der Waals surface area (Å²) in [6.45, 7) is 8.12. The predicted molar refractivity (Wildman–Crippen MR) is 113 cm³/mol.